The number of benzene rings is 1. The van der Waals surface area contributed by atoms with E-state index in [2.05, 4.69) is 36.5 Å². The van der Waals surface area contributed by atoms with Crippen LogP contribution in [-0.4, -0.2) is 29.5 Å². The highest BCUT2D eigenvalue weighted by Gasteiger charge is 2.32. The second-order valence-corrected chi connectivity index (χ2v) is 7.81. The highest BCUT2D eigenvalue weighted by molar-refractivity contribution is 7.99. The minimum Gasteiger partial charge on any atom is -0.389 e. The first-order chi connectivity index (χ1) is 10.2. The van der Waals surface area contributed by atoms with Crippen molar-refractivity contribution in [1.29, 1.82) is 0 Å². The number of rotatable bonds is 5. The van der Waals surface area contributed by atoms with Crippen LogP contribution < -0.4 is 5.32 Å². The number of hydrogen-bond acceptors (Lipinski definition) is 3. The molecule has 1 fully saturated rings. The third-order valence-electron chi connectivity index (χ3n) is 5.26. The lowest BCUT2D eigenvalue weighted by Gasteiger charge is -2.36. The van der Waals surface area contributed by atoms with Crippen LogP contribution in [0.3, 0.4) is 0 Å². The monoisotopic (exact) mass is 305 g/mol. The first-order valence-corrected chi connectivity index (χ1v) is 9.33. The fourth-order valence-corrected chi connectivity index (χ4v) is 4.93. The maximum absolute atomic E-state index is 10.7. The SMILES string of the molecule is CCC1CCC(O)(CNCC2CSc3ccccc32)CC1. The van der Waals surface area contributed by atoms with Crippen LogP contribution in [0.2, 0.25) is 0 Å². The predicted molar refractivity (Wildman–Crippen MR) is 90.0 cm³/mol. The van der Waals surface area contributed by atoms with Gasteiger partial charge in [0.1, 0.15) is 0 Å². The zero-order valence-electron chi connectivity index (χ0n) is 13.0. The van der Waals surface area contributed by atoms with Gasteiger partial charge in [0.2, 0.25) is 0 Å². The number of thioether (sulfide) groups is 1. The maximum Gasteiger partial charge on any atom is 0.0771 e. The number of aliphatic hydroxyl groups is 1. The van der Waals surface area contributed by atoms with Crippen LogP contribution in [0.5, 0.6) is 0 Å². The maximum atomic E-state index is 10.7. The van der Waals surface area contributed by atoms with Gasteiger partial charge >= 0.3 is 0 Å². The third kappa shape index (κ3) is 3.64. The van der Waals surface area contributed by atoms with E-state index in [0.29, 0.717) is 5.92 Å². The lowest BCUT2D eigenvalue weighted by Crippen LogP contribution is -2.44. The summed E-state index contributed by atoms with van der Waals surface area (Å²) in [5.74, 6) is 2.60. The molecule has 1 unspecified atom stereocenters. The van der Waals surface area contributed by atoms with Crippen LogP contribution >= 0.6 is 11.8 Å². The van der Waals surface area contributed by atoms with Crippen LogP contribution in [0.4, 0.5) is 0 Å². The molecule has 1 heterocycles. The Morgan fingerprint density at radius 3 is 2.81 bits per heavy atom. The van der Waals surface area contributed by atoms with E-state index in [-0.39, 0.29) is 0 Å². The molecule has 21 heavy (non-hydrogen) atoms. The number of hydrogen-bond donors (Lipinski definition) is 2. The summed E-state index contributed by atoms with van der Waals surface area (Å²) >= 11 is 1.96. The molecule has 0 spiro atoms. The molecule has 2 nitrogen and oxygen atoms in total. The molecular weight excluding hydrogens is 278 g/mol. The lowest BCUT2D eigenvalue weighted by molar-refractivity contribution is -0.00858. The van der Waals surface area contributed by atoms with Crippen molar-refractivity contribution in [2.75, 3.05) is 18.8 Å². The van der Waals surface area contributed by atoms with Gasteiger partial charge in [0.05, 0.1) is 5.60 Å². The van der Waals surface area contributed by atoms with Gasteiger partial charge in [-0.2, -0.15) is 0 Å². The lowest BCUT2D eigenvalue weighted by atomic mass is 9.78. The largest absolute Gasteiger partial charge is 0.389 e. The van der Waals surface area contributed by atoms with Gasteiger partial charge in [-0.15, -0.1) is 11.8 Å². The smallest absolute Gasteiger partial charge is 0.0771 e. The normalized spacial score (nSPS) is 32.1. The molecule has 2 N–H and O–H groups in total. The molecule has 0 bridgehead atoms. The van der Waals surface area contributed by atoms with E-state index < -0.39 is 5.60 Å². The summed E-state index contributed by atoms with van der Waals surface area (Å²) in [7, 11) is 0. The third-order valence-corrected chi connectivity index (χ3v) is 6.51. The van der Waals surface area contributed by atoms with E-state index in [9.17, 15) is 5.11 Å². The first-order valence-electron chi connectivity index (χ1n) is 8.35. The molecule has 1 atom stereocenters. The Morgan fingerprint density at radius 1 is 1.29 bits per heavy atom. The minimum absolute atomic E-state index is 0.461. The van der Waals surface area contributed by atoms with Gasteiger partial charge in [-0.1, -0.05) is 31.5 Å². The molecule has 1 aliphatic heterocycles. The van der Waals surface area contributed by atoms with Crippen molar-refractivity contribution >= 4 is 11.8 Å². The number of fused-ring (bicyclic) bond motifs is 1. The molecule has 0 aromatic heterocycles. The molecule has 2 aliphatic rings. The summed E-state index contributed by atoms with van der Waals surface area (Å²) in [6.07, 6.45) is 5.58. The van der Waals surface area contributed by atoms with Crippen LogP contribution in [0, 0.1) is 5.92 Å². The van der Waals surface area contributed by atoms with Gasteiger partial charge in [-0.25, -0.2) is 0 Å². The predicted octanol–water partition coefficient (Wildman–Crippen LogP) is 3.80. The molecular formula is C18H27NOS. The van der Waals surface area contributed by atoms with Crippen LogP contribution in [0.25, 0.3) is 0 Å². The Morgan fingerprint density at radius 2 is 2.05 bits per heavy atom. The van der Waals surface area contributed by atoms with Gasteiger partial charge in [-0.3, -0.25) is 0 Å². The molecule has 0 amide bonds. The average molecular weight is 305 g/mol. The van der Waals surface area contributed by atoms with Gasteiger partial charge < -0.3 is 10.4 Å². The highest BCUT2D eigenvalue weighted by Crippen LogP contribution is 2.39. The second kappa shape index (κ2) is 6.72. The molecule has 3 heteroatoms. The standard InChI is InChI=1S/C18H27NOS/c1-2-14-7-9-18(20,10-8-14)13-19-11-15-12-21-17-6-4-3-5-16(15)17/h3-6,14-15,19-20H,2,7-13H2,1H3. The van der Waals surface area contributed by atoms with Gasteiger partial charge in [-0.05, 0) is 43.2 Å². The fraction of sp³-hybridized carbons (Fsp3) is 0.667. The van der Waals surface area contributed by atoms with Crippen LogP contribution in [0.15, 0.2) is 29.2 Å². The molecule has 116 valence electrons. The van der Waals surface area contributed by atoms with Crippen molar-refractivity contribution < 1.29 is 5.11 Å². The second-order valence-electron chi connectivity index (χ2n) is 6.75. The van der Waals surface area contributed by atoms with Crippen molar-refractivity contribution in [2.45, 2.75) is 55.4 Å². The van der Waals surface area contributed by atoms with Crippen LogP contribution in [0.1, 0.15) is 50.5 Å². The van der Waals surface area contributed by atoms with Crippen LogP contribution in [-0.2, 0) is 0 Å². The van der Waals surface area contributed by atoms with E-state index in [1.54, 1.807) is 0 Å². The zero-order chi connectivity index (χ0) is 14.7. The van der Waals surface area contributed by atoms with E-state index in [4.69, 9.17) is 0 Å². The van der Waals surface area contributed by atoms with Gasteiger partial charge in [0, 0.05) is 29.7 Å². The molecule has 0 radical (unpaired) electrons. The topological polar surface area (TPSA) is 32.3 Å². The van der Waals surface area contributed by atoms with E-state index >= 15 is 0 Å². The van der Waals surface area contributed by atoms with Crippen molar-refractivity contribution in [3.05, 3.63) is 29.8 Å². The summed E-state index contributed by atoms with van der Waals surface area (Å²) in [5, 5.41) is 14.2. The molecule has 1 aliphatic carbocycles. The summed E-state index contributed by atoms with van der Waals surface area (Å²) in [6, 6.07) is 8.73. The van der Waals surface area contributed by atoms with E-state index in [0.717, 1.165) is 31.8 Å². The van der Waals surface area contributed by atoms with Crippen molar-refractivity contribution in [3.8, 4) is 0 Å². The molecule has 1 aromatic carbocycles. The Bertz CT molecular complexity index is 468. The Balaban J connectivity index is 1.47. The van der Waals surface area contributed by atoms with Gasteiger partial charge in [0.25, 0.3) is 0 Å². The minimum atomic E-state index is -0.461. The Kier molecular flexibility index (Phi) is 4.92. The Labute approximate surface area is 132 Å². The molecule has 0 saturated heterocycles. The quantitative estimate of drug-likeness (QED) is 0.868. The number of nitrogens with one attached hydrogen (secondary N) is 1. The van der Waals surface area contributed by atoms with Crippen molar-refractivity contribution in [3.63, 3.8) is 0 Å². The highest BCUT2D eigenvalue weighted by atomic mass is 32.2. The van der Waals surface area contributed by atoms with E-state index in [1.807, 2.05) is 11.8 Å². The zero-order valence-corrected chi connectivity index (χ0v) is 13.8. The molecule has 3 rings (SSSR count). The summed E-state index contributed by atoms with van der Waals surface area (Å²) in [4.78, 5) is 1.44. The Hall–Kier alpha value is -0.510. The molecule has 1 saturated carbocycles. The average Bonchev–Trinajstić information content (AvgIpc) is 2.92. The van der Waals surface area contributed by atoms with Gasteiger partial charge in [0.15, 0.2) is 0 Å². The van der Waals surface area contributed by atoms with Crippen molar-refractivity contribution in [1.82, 2.24) is 5.32 Å². The first kappa shape index (κ1) is 15.4. The van der Waals surface area contributed by atoms with E-state index in [1.165, 1.54) is 35.5 Å². The van der Waals surface area contributed by atoms with Crippen molar-refractivity contribution in [2.24, 2.45) is 5.92 Å². The summed E-state index contributed by atoms with van der Waals surface area (Å²) < 4.78 is 0. The summed E-state index contributed by atoms with van der Waals surface area (Å²) in [5.41, 5.74) is 1.02. The molecule has 1 aromatic rings. The fourth-order valence-electron chi connectivity index (χ4n) is 3.68. The summed E-state index contributed by atoms with van der Waals surface area (Å²) in [6.45, 7) is 4.01.